The number of carbonyl (C=O) groups is 4. The van der Waals surface area contributed by atoms with E-state index in [2.05, 4.69) is 16.0 Å². The van der Waals surface area contributed by atoms with Crippen molar-refractivity contribution in [2.45, 2.75) is 37.3 Å². The molecular weight excluding hydrogens is 498 g/mol. The first kappa shape index (κ1) is 27.0. The molecule has 0 aliphatic rings. The fraction of sp³-hybridized carbons (Fsp3) is 0.231. The Hall–Kier alpha value is -3.63. The van der Waals surface area contributed by atoms with Crippen LogP contribution in [0.4, 0.5) is 16.4 Å². The highest BCUT2D eigenvalue weighted by atomic mass is 32.2. The highest BCUT2D eigenvalue weighted by Gasteiger charge is 2.28. The maximum Gasteiger partial charge on any atom is 0.341 e. The standard InChI is InChI=1S/C26H27N3O5S2/c1-5-20(35-19-13-9-12-18(14-19)27-16(3)30)23(31)29-25-21(26(33)34-4)15(2)22(36-25)24(32)28-17-10-7-6-8-11-17/h6-14,20H,5H2,1-4H3,(H,27,30)(H,28,32)(H,29,31). The molecule has 1 unspecified atom stereocenters. The number of hydrogen-bond donors (Lipinski definition) is 3. The Morgan fingerprint density at radius 2 is 1.67 bits per heavy atom. The second kappa shape index (κ2) is 12.4. The van der Waals surface area contributed by atoms with Crippen LogP contribution in [-0.2, 0) is 14.3 Å². The molecule has 3 aromatic rings. The average Bonchev–Trinajstić information content (AvgIpc) is 3.18. The molecule has 188 valence electrons. The topological polar surface area (TPSA) is 114 Å². The van der Waals surface area contributed by atoms with Crippen LogP contribution in [0.5, 0.6) is 0 Å². The van der Waals surface area contributed by atoms with Gasteiger partial charge in [-0.1, -0.05) is 31.2 Å². The monoisotopic (exact) mass is 525 g/mol. The first-order valence-electron chi connectivity index (χ1n) is 11.2. The van der Waals surface area contributed by atoms with Crippen LogP contribution in [0.15, 0.2) is 59.5 Å². The van der Waals surface area contributed by atoms with Crippen LogP contribution in [-0.4, -0.2) is 36.1 Å². The summed E-state index contributed by atoms with van der Waals surface area (Å²) >= 11 is 2.37. The molecule has 0 saturated carbocycles. The molecule has 1 heterocycles. The van der Waals surface area contributed by atoms with E-state index in [4.69, 9.17) is 4.74 Å². The molecule has 0 aliphatic heterocycles. The largest absolute Gasteiger partial charge is 0.465 e. The number of benzene rings is 2. The summed E-state index contributed by atoms with van der Waals surface area (Å²) in [6.07, 6.45) is 0.514. The van der Waals surface area contributed by atoms with E-state index >= 15 is 0 Å². The van der Waals surface area contributed by atoms with Gasteiger partial charge in [0.1, 0.15) is 5.00 Å². The first-order chi connectivity index (χ1) is 17.2. The fourth-order valence-corrected chi connectivity index (χ4v) is 5.51. The van der Waals surface area contributed by atoms with E-state index in [1.54, 1.807) is 49.4 Å². The smallest absolute Gasteiger partial charge is 0.341 e. The summed E-state index contributed by atoms with van der Waals surface area (Å²) in [7, 11) is 1.25. The number of esters is 1. The molecule has 2 aromatic carbocycles. The minimum Gasteiger partial charge on any atom is -0.465 e. The van der Waals surface area contributed by atoms with Crippen molar-refractivity contribution in [2.24, 2.45) is 0 Å². The number of anilines is 3. The van der Waals surface area contributed by atoms with Gasteiger partial charge in [-0.05, 0) is 49.2 Å². The van der Waals surface area contributed by atoms with Crippen LogP contribution >= 0.6 is 23.1 Å². The Kier molecular flexibility index (Phi) is 9.26. The van der Waals surface area contributed by atoms with Gasteiger partial charge in [0, 0.05) is 23.2 Å². The number of thiophene rings is 1. The molecule has 0 bridgehead atoms. The number of methoxy groups -OCH3 is 1. The number of ether oxygens (including phenoxy) is 1. The Morgan fingerprint density at radius 1 is 0.972 bits per heavy atom. The molecule has 0 aliphatic carbocycles. The Morgan fingerprint density at radius 3 is 2.31 bits per heavy atom. The molecular formula is C26H27N3O5S2. The number of para-hydroxylation sites is 1. The Labute approximate surface area is 217 Å². The zero-order valence-corrected chi connectivity index (χ0v) is 22.0. The predicted octanol–water partition coefficient (Wildman–Crippen LogP) is 5.56. The minimum absolute atomic E-state index is 0.154. The molecule has 3 rings (SSSR count). The summed E-state index contributed by atoms with van der Waals surface area (Å²) < 4.78 is 4.92. The third-order valence-corrected chi connectivity index (χ3v) is 7.67. The number of amides is 3. The summed E-state index contributed by atoms with van der Waals surface area (Å²) in [5, 5.41) is 8.15. The maximum absolute atomic E-state index is 13.2. The minimum atomic E-state index is -0.637. The Balaban J connectivity index is 1.83. The van der Waals surface area contributed by atoms with Gasteiger partial charge in [0.2, 0.25) is 11.8 Å². The van der Waals surface area contributed by atoms with E-state index in [-0.39, 0.29) is 28.3 Å². The van der Waals surface area contributed by atoms with Crippen molar-refractivity contribution in [3.05, 3.63) is 70.6 Å². The summed E-state index contributed by atoms with van der Waals surface area (Å²) in [6.45, 7) is 4.96. The van der Waals surface area contributed by atoms with Gasteiger partial charge in [-0.25, -0.2) is 4.79 Å². The van der Waals surface area contributed by atoms with Gasteiger partial charge < -0.3 is 20.7 Å². The summed E-state index contributed by atoms with van der Waals surface area (Å²) in [5.41, 5.74) is 1.84. The number of thioether (sulfide) groups is 1. The lowest BCUT2D eigenvalue weighted by Gasteiger charge is -2.15. The van der Waals surface area contributed by atoms with E-state index in [9.17, 15) is 19.2 Å². The van der Waals surface area contributed by atoms with Crippen molar-refractivity contribution in [3.8, 4) is 0 Å². The van der Waals surface area contributed by atoms with Crippen LogP contribution in [0.2, 0.25) is 0 Å². The fourth-order valence-electron chi connectivity index (χ4n) is 3.40. The number of carbonyl (C=O) groups excluding carboxylic acids is 4. The van der Waals surface area contributed by atoms with Crippen LogP contribution in [0.3, 0.4) is 0 Å². The van der Waals surface area contributed by atoms with E-state index in [0.717, 1.165) is 16.2 Å². The van der Waals surface area contributed by atoms with E-state index in [0.29, 0.717) is 28.2 Å². The van der Waals surface area contributed by atoms with Crippen LogP contribution < -0.4 is 16.0 Å². The molecule has 0 fully saturated rings. The number of rotatable bonds is 9. The van der Waals surface area contributed by atoms with Crippen molar-refractivity contribution < 1.29 is 23.9 Å². The van der Waals surface area contributed by atoms with E-state index < -0.39 is 11.2 Å². The lowest BCUT2D eigenvalue weighted by molar-refractivity contribution is -0.116. The van der Waals surface area contributed by atoms with Gasteiger partial charge >= 0.3 is 5.97 Å². The van der Waals surface area contributed by atoms with Gasteiger partial charge in [-0.15, -0.1) is 23.1 Å². The third kappa shape index (κ3) is 6.73. The lowest BCUT2D eigenvalue weighted by Crippen LogP contribution is -2.25. The summed E-state index contributed by atoms with van der Waals surface area (Å²) in [4.78, 5) is 51.2. The number of nitrogens with one attached hydrogen (secondary N) is 3. The van der Waals surface area contributed by atoms with Crippen LogP contribution in [0.25, 0.3) is 0 Å². The lowest BCUT2D eigenvalue weighted by atomic mass is 10.1. The molecule has 8 nitrogen and oxygen atoms in total. The highest BCUT2D eigenvalue weighted by molar-refractivity contribution is 8.00. The summed E-state index contributed by atoms with van der Waals surface area (Å²) in [6, 6.07) is 16.2. The molecule has 36 heavy (non-hydrogen) atoms. The zero-order valence-electron chi connectivity index (χ0n) is 20.3. The molecule has 1 atom stereocenters. The normalized spacial score (nSPS) is 11.3. The molecule has 10 heteroatoms. The molecule has 0 radical (unpaired) electrons. The second-order valence-corrected chi connectivity index (χ2v) is 10.1. The third-order valence-electron chi connectivity index (χ3n) is 5.11. The first-order valence-corrected chi connectivity index (χ1v) is 12.9. The molecule has 1 aromatic heterocycles. The quantitative estimate of drug-likeness (QED) is 0.249. The molecule has 0 saturated heterocycles. The SMILES string of the molecule is CCC(Sc1cccc(NC(C)=O)c1)C(=O)Nc1sc(C(=O)Nc2ccccc2)c(C)c1C(=O)OC. The van der Waals surface area contributed by atoms with Crippen LogP contribution in [0, 0.1) is 6.92 Å². The van der Waals surface area contributed by atoms with E-state index in [1.807, 2.05) is 19.1 Å². The zero-order chi connectivity index (χ0) is 26.2. The van der Waals surface area contributed by atoms with Gasteiger partial charge in [0.15, 0.2) is 0 Å². The maximum atomic E-state index is 13.2. The summed E-state index contributed by atoms with van der Waals surface area (Å²) in [5.74, 6) is -1.52. The Bertz CT molecular complexity index is 1270. The van der Waals surface area contributed by atoms with Crippen molar-refractivity contribution in [1.82, 2.24) is 0 Å². The average molecular weight is 526 g/mol. The highest BCUT2D eigenvalue weighted by Crippen LogP contribution is 2.36. The van der Waals surface area contributed by atoms with Crippen LogP contribution in [0.1, 0.15) is 45.9 Å². The van der Waals surface area contributed by atoms with Crippen molar-refractivity contribution in [2.75, 3.05) is 23.1 Å². The van der Waals surface area contributed by atoms with Gasteiger partial charge in [0.25, 0.3) is 5.91 Å². The van der Waals surface area contributed by atoms with Crippen molar-refractivity contribution in [1.29, 1.82) is 0 Å². The molecule has 3 amide bonds. The van der Waals surface area contributed by atoms with E-state index in [1.165, 1.54) is 25.8 Å². The second-order valence-electron chi connectivity index (χ2n) is 7.79. The van der Waals surface area contributed by atoms with Gasteiger partial charge in [-0.2, -0.15) is 0 Å². The van der Waals surface area contributed by atoms with Crippen molar-refractivity contribution in [3.63, 3.8) is 0 Å². The predicted molar refractivity (Wildman–Crippen MR) is 144 cm³/mol. The van der Waals surface area contributed by atoms with Gasteiger partial charge in [0.05, 0.1) is 22.8 Å². The number of hydrogen-bond acceptors (Lipinski definition) is 7. The van der Waals surface area contributed by atoms with Crippen molar-refractivity contribution >= 4 is 63.2 Å². The van der Waals surface area contributed by atoms with Gasteiger partial charge in [-0.3, -0.25) is 14.4 Å². The molecule has 3 N–H and O–H groups in total. The molecule has 0 spiro atoms.